The second-order valence-corrected chi connectivity index (χ2v) is 5.70. The summed E-state index contributed by atoms with van der Waals surface area (Å²) in [5.41, 5.74) is 0.524. The molecule has 0 spiro atoms. The smallest absolute Gasteiger partial charge is 0.255 e. The van der Waals surface area contributed by atoms with Crippen LogP contribution in [0.3, 0.4) is 0 Å². The molecule has 3 rings (SSSR count). The number of rotatable bonds is 6. The Morgan fingerprint density at radius 2 is 2.23 bits per heavy atom. The fourth-order valence-corrected chi connectivity index (χ4v) is 2.32. The molecule has 0 aliphatic heterocycles. The number of carbonyl (C=O) groups excluding carboxylic acids is 1. The van der Waals surface area contributed by atoms with Gasteiger partial charge in [-0.25, -0.2) is 0 Å². The zero-order chi connectivity index (χ0) is 15.5. The van der Waals surface area contributed by atoms with Crippen LogP contribution in [-0.2, 0) is 6.61 Å². The van der Waals surface area contributed by atoms with E-state index in [1.165, 1.54) is 6.42 Å². The van der Waals surface area contributed by atoms with Gasteiger partial charge in [0.05, 0.1) is 5.56 Å². The number of hydrogen-bond donors (Lipinski definition) is 1. The fourth-order valence-electron chi connectivity index (χ4n) is 2.32. The summed E-state index contributed by atoms with van der Waals surface area (Å²) in [6.45, 7) is 4.80. The van der Waals surface area contributed by atoms with E-state index in [2.05, 4.69) is 22.4 Å². The summed E-state index contributed by atoms with van der Waals surface area (Å²) in [7, 11) is 0. The van der Waals surface area contributed by atoms with Crippen LogP contribution < -0.4 is 10.1 Å². The number of carbonyl (C=O) groups is 1. The van der Waals surface area contributed by atoms with E-state index in [-0.39, 0.29) is 12.5 Å². The van der Waals surface area contributed by atoms with Crippen molar-refractivity contribution in [3.63, 3.8) is 0 Å². The van der Waals surface area contributed by atoms with Gasteiger partial charge in [-0.15, -0.1) is 0 Å². The van der Waals surface area contributed by atoms with Gasteiger partial charge in [-0.2, -0.15) is 4.98 Å². The van der Waals surface area contributed by atoms with E-state index >= 15 is 0 Å². The van der Waals surface area contributed by atoms with Gasteiger partial charge in [0, 0.05) is 13.5 Å². The SMILES string of the molecule is Cc1nc(COc2ccccc2C(=O)NC[C@@H]2C[C@@H]2C)no1. The number of nitrogens with zero attached hydrogens (tertiary/aromatic N) is 2. The summed E-state index contributed by atoms with van der Waals surface area (Å²) in [6, 6.07) is 7.17. The van der Waals surface area contributed by atoms with Crippen molar-refractivity contribution < 1.29 is 14.1 Å². The Labute approximate surface area is 128 Å². The number of para-hydroxylation sites is 1. The van der Waals surface area contributed by atoms with Crippen molar-refractivity contribution in [2.75, 3.05) is 6.54 Å². The molecule has 2 atom stereocenters. The summed E-state index contributed by atoms with van der Waals surface area (Å²) < 4.78 is 10.5. The highest BCUT2D eigenvalue weighted by Gasteiger charge is 2.32. The monoisotopic (exact) mass is 301 g/mol. The average Bonchev–Trinajstić information content (AvgIpc) is 3.07. The molecule has 1 fully saturated rings. The van der Waals surface area contributed by atoms with Gasteiger partial charge in [-0.3, -0.25) is 4.79 Å². The molecule has 1 aromatic heterocycles. The minimum atomic E-state index is -0.112. The van der Waals surface area contributed by atoms with E-state index in [0.717, 1.165) is 6.54 Å². The van der Waals surface area contributed by atoms with Gasteiger partial charge in [-0.05, 0) is 30.4 Å². The first-order valence-electron chi connectivity index (χ1n) is 7.42. The molecule has 1 aliphatic carbocycles. The molecule has 0 unspecified atom stereocenters. The van der Waals surface area contributed by atoms with Gasteiger partial charge in [0.1, 0.15) is 5.75 Å². The van der Waals surface area contributed by atoms with Crippen LogP contribution in [-0.4, -0.2) is 22.6 Å². The number of ether oxygens (including phenoxy) is 1. The maximum Gasteiger partial charge on any atom is 0.255 e. The fraction of sp³-hybridized carbons (Fsp3) is 0.438. The van der Waals surface area contributed by atoms with E-state index in [4.69, 9.17) is 9.26 Å². The van der Waals surface area contributed by atoms with Crippen LogP contribution in [0.15, 0.2) is 28.8 Å². The number of aromatic nitrogens is 2. The van der Waals surface area contributed by atoms with Crippen LogP contribution in [0, 0.1) is 18.8 Å². The van der Waals surface area contributed by atoms with Crippen LogP contribution >= 0.6 is 0 Å². The predicted molar refractivity (Wildman–Crippen MR) is 79.4 cm³/mol. The van der Waals surface area contributed by atoms with Crippen LogP contribution in [0.5, 0.6) is 5.75 Å². The zero-order valence-corrected chi connectivity index (χ0v) is 12.7. The third kappa shape index (κ3) is 3.44. The van der Waals surface area contributed by atoms with Crippen LogP contribution in [0.25, 0.3) is 0 Å². The standard InChI is InChI=1S/C16H19N3O3/c1-10-7-12(10)8-17-16(20)13-5-3-4-6-14(13)21-9-15-18-11(2)22-19-15/h3-6,10,12H,7-9H2,1-2H3,(H,17,20)/t10-,12-/m0/s1. The summed E-state index contributed by atoms with van der Waals surface area (Å²) in [6.07, 6.45) is 1.19. The van der Waals surface area contributed by atoms with E-state index < -0.39 is 0 Å². The topological polar surface area (TPSA) is 77.2 Å². The predicted octanol–water partition coefficient (Wildman–Crippen LogP) is 2.34. The normalized spacial score (nSPS) is 19.7. The summed E-state index contributed by atoms with van der Waals surface area (Å²) in [4.78, 5) is 16.4. The lowest BCUT2D eigenvalue weighted by Gasteiger charge is -2.10. The largest absolute Gasteiger partial charge is 0.485 e. The van der Waals surface area contributed by atoms with Gasteiger partial charge in [0.2, 0.25) is 11.7 Å². The van der Waals surface area contributed by atoms with E-state index in [9.17, 15) is 4.79 Å². The van der Waals surface area contributed by atoms with Crippen LogP contribution in [0.4, 0.5) is 0 Å². The maximum atomic E-state index is 12.3. The van der Waals surface area contributed by atoms with Crippen molar-refractivity contribution >= 4 is 5.91 Å². The molecule has 116 valence electrons. The molecule has 1 saturated carbocycles. The third-order valence-corrected chi connectivity index (χ3v) is 3.86. The highest BCUT2D eigenvalue weighted by molar-refractivity contribution is 5.96. The molecule has 0 radical (unpaired) electrons. The molecule has 0 saturated heterocycles. The lowest BCUT2D eigenvalue weighted by Crippen LogP contribution is -2.26. The van der Waals surface area contributed by atoms with Crippen molar-refractivity contribution in [1.29, 1.82) is 0 Å². The van der Waals surface area contributed by atoms with Crippen molar-refractivity contribution in [1.82, 2.24) is 15.5 Å². The zero-order valence-electron chi connectivity index (χ0n) is 12.7. The molecule has 1 amide bonds. The highest BCUT2D eigenvalue weighted by atomic mass is 16.5. The van der Waals surface area contributed by atoms with E-state index in [1.54, 1.807) is 19.1 Å². The van der Waals surface area contributed by atoms with Gasteiger partial charge in [0.15, 0.2) is 6.61 Å². The molecule has 22 heavy (non-hydrogen) atoms. The summed E-state index contributed by atoms with van der Waals surface area (Å²) in [5.74, 6) is 2.68. The molecule has 1 N–H and O–H groups in total. The van der Waals surface area contributed by atoms with E-state index in [0.29, 0.717) is 34.9 Å². The van der Waals surface area contributed by atoms with Gasteiger partial charge >= 0.3 is 0 Å². The molecule has 1 aromatic carbocycles. The maximum absolute atomic E-state index is 12.3. The Balaban J connectivity index is 1.62. The van der Waals surface area contributed by atoms with Gasteiger partial charge in [0.25, 0.3) is 5.91 Å². The minimum Gasteiger partial charge on any atom is -0.485 e. The second-order valence-electron chi connectivity index (χ2n) is 5.70. The van der Waals surface area contributed by atoms with E-state index in [1.807, 2.05) is 12.1 Å². The summed E-state index contributed by atoms with van der Waals surface area (Å²) in [5, 5.41) is 6.74. The molecule has 2 aromatic rings. The average molecular weight is 301 g/mol. The molecular weight excluding hydrogens is 282 g/mol. The Morgan fingerprint density at radius 1 is 1.45 bits per heavy atom. The Kier molecular flexibility index (Phi) is 4.09. The quantitative estimate of drug-likeness (QED) is 0.886. The Hall–Kier alpha value is -2.37. The van der Waals surface area contributed by atoms with Crippen molar-refractivity contribution in [2.24, 2.45) is 11.8 Å². The molecule has 6 heteroatoms. The number of benzene rings is 1. The Morgan fingerprint density at radius 3 is 2.91 bits per heavy atom. The van der Waals surface area contributed by atoms with Gasteiger partial charge in [-0.1, -0.05) is 24.2 Å². The first kappa shape index (κ1) is 14.6. The van der Waals surface area contributed by atoms with Crippen LogP contribution in [0.1, 0.15) is 35.4 Å². The second kappa shape index (κ2) is 6.17. The molecule has 1 aliphatic rings. The highest BCUT2D eigenvalue weighted by Crippen LogP contribution is 2.36. The number of amides is 1. The van der Waals surface area contributed by atoms with Crippen molar-refractivity contribution in [3.05, 3.63) is 41.5 Å². The molecule has 6 nitrogen and oxygen atoms in total. The van der Waals surface area contributed by atoms with Crippen LogP contribution in [0.2, 0.25) is 0 Å². The van der Waals surface area contributed by atoms with Crippen molar-refractivity contribution in [2.45, 2.75) is 26.9 Å². The lowest BCUT2D eigenvalue weighted by molar-refractivity contribution is 0.0946. The Bertz CT molecular complexity index is 668. The first-order valence-corrected chi connectivity index (χ1v) is 7.42. The number of hydrogen-bond acceptors (Lipinski definition) is 5. The number of nitrogens with one attached hydrogen (secondary N) is 1. The summed E-state index contributed by atoms with van der Waals surface area (Å²) >= 11 is 0. The third-order valence-electron chi connectivity index (χ3n) is 3.86. The lowest BCUT2D eigenvalue weighted by atomic mass is 10.2. The number of aryl methyl sites for hydroxylation is 1. The van der Waals surface area contributed by atoms with Gasteiger partial charge < -0.3 is 14.6 Å². The first-order chi connectivity index (χ1) is 10.6. The molecule has 0 bridgehead atoms. The minimum absolute atomic E-state index is 0.112. The molecular formula is C16H19N3O3. The molecule has 1 heterocycles. The van der Waals surface area contributed by atoms with Crippen molar-refractivity contribution in [3.8, 4) is 5.75 Å².